The molecule has 0 aliphatic rings. The zero-order valence-electron chi connectivity index (χ0n) is 10.7. The van der Waals surface area contributed by atoms with Crippen molar-refractivity contribution in [1.82, 2.24) is 34.6 Å². The lowest BCUT2D eigenvalue weighted by atomic mass is 10.2. The Bertz CT molecular complexity index is 731. The minimum absolute atomic E-state index is 0.122. The van der Waals surface area contributed by atoms with Crippen LogP contribution in [0.5, 0.6) is 0 Å². The van der Waals surface area contributed by atoms with E-state index in [1.54, 1.807) is 15.5 Å². The molecule has 98 valence electrons. The summed E-state index contributed by atoms with van der Waals surface area (Å²) >= 11 is 6.13. The minimum atomic E-state index is -0.122. The molecule has 3 aromatic heterocycles. The van der Waals surface area contributed by atoms with E-state index >= 15 is 0 Å². The Labute approximate surface area is 114 Å². The Morgan fingerprint density at radius 1 is 1.21 bits per heavy atom. The van der Waals surface area contributed by atoms with Crippen LogP contribution in [0.1, 0.15) is 29.9 Å². The van der Waals surface area contributed by atoms with E-state index in [2.05, 4.69) is 25.4 Å². The fourth-order valence-corrected chi connectivity index (χ4v) is 2.12. The number of nitrogens with zero attached hydrogens (tertiary/aromatic N) is 7. The van der Waals surface area contributed by atoms with Gasteiger partial charge in [-0.05, 0) is 26.3 Å². The molecule has 19 heavy (non-hydrogen) atoms. The van der Waals surface area contributed by atoms with E-state index in [1.165, 1.54) is 6.33 Å². The number of aryl methyl sites for hydroxylation is 1. The summed E-state index contributed by atoms with van der Waals surface area (Å²) in [6, 6.07) is -0.122. The van der Waals surface area contributed by atoms with Gasteiger partial charge >= 0.3 is 0 Å². The van der Waals surface area contributed by atoms with Gasteiger partial charge in [0.25, 0.3) is 0 Å². The first-order chi connectivity index (χ1) is 9.09. The number of hydrogen-bond donors (Lipinski definition) is 0. The summed E-state index contributed by atoms with van der Waals surface area (Å²) in [4.78, 5) is 3.93. The Kier molecular flexibility index (Phi) is 2.70. The average Bonchev–Trinajstić information content (AvgIpc) is 3.04. The minimum Gasteiger partial charge on any atom is -0.242 e. The van der Waals surface area contributed by atoms with Crippen molar-refractivity contribution in [3.63, 3.8) is 0 Å². The highest BCUT2D eigenvalue weighted by Crippen LogP contribution is 2.22. The van der Waals surface area contributed by atoms with Gasteiger partial charge in [0.1, 0.15) is 18.7 Å². The number of halogens is 1. The molecule has 8 heteroatoms. The van der Waals surface area contributed by atoms with Crippen LogP contribution in [0.15, 0.2) is 12.7 Å². The highest BCUT2D eigenvalue weighted by Gasteiger charge is 2.19. The maximum absolute atomic E-state index is 6.13. The highest BCUT2D eigenvalue weighted by atomic mass is 35.5. The largest absolute Gasteiger partial charge is 0.242 e. The van der Waals surface area contributed by atoms with Gasteiger partial charge in [-0.25, -0.2) is 9.67 Å². The second-order valence-electron chi connectivity index (χ2n) is 4.39. The highest BCUT2D eigenvalue weighted by molar-refractivity contribution is 6.30. The molecule has 7 nitrogen and oxygen atoms in total. The Hall–Kier alpha value is -2.02. The summed E-state index contributed by atoms with van der Waals surface area (Å²) in [5.41, 5.74) is 2.61. The zero-order valence-corrected chi connectivity index (χ0v) is 11.5. The molecule has 0 aliphatic carbocycles. The van der Waals surface area contributed by atoms with Gasteiger partial charge in [0.15, 0.2) is 16.6 Å². The normalized spacial score (nSPS) is 13.1. The predicted molar refractivity (Wildman–Crippen MR) is 69.1 cm³/mol. The lowest BCUT2D eigenvalue weighted by molar-refractivity contribution is 0.522. The van der Waals surface area contributed by atoms with Gasteiger partial charge in [0.05, 0.1) is 0 Å². The van der Waals surface area contributed by atoms with Crippen molar-refractivity contribution in [3.8, 4) is 0 Å². The monoisotopic (exact) mass is 277 g/mol. The molecule has 1 unspecified atom stereocenters. The van der Waals surface area contributed by atoms with Crippen LogP contribution in [0.25, 0.3) is 5.65 Å². The molecule has 3 aromatic rings. The van der Waals surface area contributed by atoms with Gasteiger partial charge in [0.2, 0.25) is 0 Å². The summed E-state index contributed by atoms with van der Waals surface area (Å²) in [5, 5.41) is 17.3. The van der Waals surface area contributed by atoms with Crippen LogP contribution in [0.3, 0.4) is 0 Å². The van der Waals surface area contributed by atoms with Crippen molar-refractivity contribution in [2.24, 2.45) is 0 Å². The Balaban J connectivity index is 2.21. The van der Waals surface area contributed by atoms with Gasteiger partial charge in [-0.3, -0.25) is 0 Å². The molecule has 0 aromatic carbocycles. The molecular formula is C11H12ClN7. The van der Waals surface area contributed by atoms with E-state index in [0.717, 1.165) is 11.1 Å². The molecule has 3 heterocycles. The van der Waals surface area contributed by atoms with Crippen LogP contribution in [0, 0.1) is 13.8 Å². The first-order valence-electron chi connectivity index (χ1n) is 5.81. The Morgan fingerprint density at radius 2 is 2.00 bits per heavy atom. The number of fused-ring (bicyclic) bond motifs is 1. The molecule has 0 bridgehead atoms. The van der Waals surface area contributed by atoms with Crippen LogP contribution in [-0.4, -0.2) is 34.6 Å². The predicted octanol–water partition coefficient (Wildman–Crippen LogP) is 1.60. The fourth-order valence-electron chi connectivity index (χ4n) is 1.91. The molecule has 3 rings (SSSR count). The van der Waals surface area contributed by atoms with Crippen molar-refractivity contribution >= 4 is 17.2 Å². The van der Waals surface area contributed by atoms with Crippen LogP contribution in [-0.2, 0) is 0 Å². The molecule has 0 radical (unpaired) electrons. The van der Waals surface area contributed by atoms with Crippen molar-refractivity contribution in [2.45, 2.75) is 26.8 Å². The van der Waals surface area contributed by atoms with Crippen LogP contribution < -0.4 is 0 Å². The molecule has 0 aliphatic heterocycles. The summed E-state index contributed by atoms with van der Waals surface area (Å²) in [6.45, 7) is 5.83. The van der Waals surface area contributed by atoms with E-state index in [-0.39, 0.29) is 6.04 Å². The van der Waals surface area contributed by atoms with Gasteiger partial charge in [-0.1, -0.05) is 11.6 Å². The number of rotatable bonds is 2. The van der Waals surface area contributed by atoms with Gasteiger partial charge < -0.3 is 0 Å². The molecule has 0 amide bonds. The van der Waals surface area contributed by atoms with Crippen LogP contribution in [0.4, 0.5) is 0 Å². The first kappa shape index (κ1) is 12.0. The summed E-state index contributed by atoms with van der Waals surface area (Å²) in [5.74, 6) is 0.672. The summed E-state index contributed by atoms with van der Waals surface area (Å²) < 4.78 is 3.36. The third-order valence-electron chi connectivity index (χ3n) is 3.27. The van der Waals surface area contributed by atoms with Crippen molar-refractivity contribution < 1.29 is 0 Å². The molecule has 0 N–H and O–H groups in total. The van der Waals surface area contributed by atoms with E-state index in [4.69, 9.17) is 11.6 Å². The SMILES string of the molecule is Cc1c(Cl)nn2c(C(C)n3cncn3)nnc2c1C. The molecule has 0 spiro atoms. The third kappa shape index (κ3) is 1.77. The van der Waals surface area contributed by atoms with E-state index in [9.17, 15) is 0 Å². The lowest BCUT2D eigenvalue weighted by Gasteiger charge is -2.10. The molecule has 0 saturated carbocycles. The smallest absolute Gasteiger partial charge is 0.181 e. The van der Waals surface area contributed by atoms with Crippen LogP contribution in [0.2, 0.25) is 5.15 Å². The third-order valence-corrected chi connectivity index (χ3v) is 3.63. The first-order valence-corrected chi connectivity index (χ1v) is 6.19. The standard InChI is InChI=1S/C11H12ClN7/c1-6-7(2)10-15-16-11(19(10)17-9(6)12)8(3)18-5-13-4-14-18/h4-5,8H,1-3H3. The van der Waals surface area contributed by atoms with Gasteiger partial charge in [-0.2, -0.15) is 14.7 Å². The molecular weight excluding hydrogens is 266 g/mol. The topological polar surface area (TPSA) is 73.8 Å². The van der Waals surface area contributed by atoms with Crippen molar-refractivity contribution in [2.75, 3.05) is 0 Å². The van der Waals surface area contributed by atoms with E-state index in [0.29, 0.717) is 16.6 Å². The lowest BCUT2D eigenvalue weighted by Crippen LogP contribution is -2.13. The van der Waals surface area contributed by atoms with Crippen molar-refractivity contribution in [3.05, 3.63) is 34.8 Å². The maximum atomic E-state index is 6.13. The zero-order chi connectivity index (χ0) is 13.6. The van der Waals surface area contributed by atoms with E-state index in [1.807, 2.05) is 20.8 Å². The quantitative estimate of drug-likeness (QED) is 0.711. The number of aromatic nitrogens is 7. The second-order valence-corrected chi connectivity index (χ2v) is 4.74. The average molecular weight is 278 g/mol. The van der Waals surface area contributed by atoms with Crippen molar-refractivity contribution in [1.29, 1.82) is 0 Å². The van der Waals surface area contributed by atoms with Gasteiger partial charge in [0, 0.05) is 5.56 Å². The summed E-state index contributed by atoms with van der Waals surface area (Å²) in [6.07, 6.45) is 3.12. The summed E-state index contributed by atoms with van der Waals surface area (Å²) in [7, 11) is 0. The number of hydrogen-bond acceptors (Lipinski definition) is 5. The van der Waals surface area contributed by atoms with E-state index < -0.39 is 0 Å². The van der Waals surface area contributed by atoms with Gasteiger partial charge in [-0.15, -0.1) is 10.2 Å². The molecule has 0 saturated heterocycles. The Morgan fingerprint density at radius 3 is 2.68 bits per heavy atom. The maximum Gasteiger partial charge on any atom is 0.181 e. The van der Waals surface area contributed by atoms with Crippen LogP contribution >= 0.6 is 11.6 Å². The second kappa shape index (κ2) is 4.27. The molecule has 1 atom stereocenters. The fraction of sp³-hybridized carbons (Fsp3) is 0.364. The molecule has 0 fully saturated rings.